The Labute approximate surface area is 240 Å². The molecule has 3 nitrogen and oxygen atoms in total. The summed E-state index contributed by atoms with van der Waals surface area (Å²) in [6.45, 7) is 4.13. The largest absolute Gasteiger partial charge is 0.246 e. The molecule has 0 spiro atoms. The fourth-order valence-corrected chi connectivity index (χ4v) is 4.58. The first kappa shape index (κ1) is 26.0. The average molecular weight is 623 g/mol. The molecule has 0 aliphatic rings. The quantitative estimate of drug-likeness (QED) is 0.174. The van der Waals surface area contributed by atoms with E-state index in [0.717, 1.165) is 65.4 Å². The third-order valence-corrected chi connectivity index (χ3v) is 7.87. The molecule has 0 N–H and O–H groups in total. The first-order valence-corrected chi connectivity index (χ1v) is 13.8. The van der Waals surface area contributed by atoms with Crippen LogP contribution in [0.2, 0.25) is 0 Å². The standard InChI is InChI=1S/C33H25Br2N3/c1-22-20-26(16-18-28(22)34)36-32(24-10-5-3-6-11-24)30-14-9-15-31(38-30)33(25-12-7-4-8-13-25)37-27-17-19-29(35)23(2)21-27/h3-21H,1-2H3/b36-32+,37-33+. The fraction of sp³-hybridized carbons (Fsp3) is 0.0606. The lowest BCUT2D eigenvalue weighted by atomic mass is 10.0. The van der Waals surface area contributed by atoms with E-state index < -0.39 is 0 Å². The van der Waals surface area contributed by atoms with Crippen molar-refractivity contribution in [2.24, 2.45) is 9.98 Å². The molecule has 0 radical (unpaired) electrons. The van der Waals surface area contributed by atoms with E-state index in [1.807, 2.05) is 78.9 Å². The van der Waals surface area contributed by atoms with Gasteiger partial charge in [0, 0.05) is 20.1 Å². The van der Waals surface area contributed by atoms with Crippen LogP contribution in [-0.2, 0) is 0 Å². The van der Waals surface area contributed by atoms with Crippen LogP contribution in [-0.4, -0.2) is 16.4 Å². The summed E-state index contributed by atoms with van der Waals surface area (Å²) in [5.74, 6) is 0. The normalized spacial score (nSPS) is 12.0. The summed E-state index contributed by atoms with van der Waals surface area (Å²) in [6.07, 6.45) is 0. The maximum atomic E-state index is 5.12. The van der Waals surface area contributed by atoms with Crippen molar-refractivity contribution in [3.8, 4) is 0 Å². The van der Waals surface area contributed by atoms with Gasteiger partial charge in [-0.2, -0.15) is 0 Å². The molecule has 186 valence electrons. The lowest BCUT2D eigenvalue weighted by Crippen LogP contribution is -2.11. The van der Waals surface area contributed by atoms with Crippen molar-refractivity contribution in [2.75, 3.05) is 0 Å². The molecule has 0 amide bonds. The van der Waals surface area contributed by atoms with Crippen molar-refractivity contribution >= 4 is 54.7 Å². The van der Waals surface area contributed by atoms with Gasteiger partial charge in [0.15, 0.2) is 0 Å². The van der Waals surface area contributed by atoms with Crippen LogP contribution in [0.3, 0.4) is 0 Å². The van der Waals surface area contributed by atoms with Gasteiger partial charge in [-0.05, 0) is 73.5 Å². The van der Waals surface area contributed by atoms with E-state index in [0.29, 0.717) is 0 Å². The Bertz CT molecular complexity index is 1520. The van der Waals surface area contributed by atoms with Crippen LogP contribution in [0.15, 0.2) is 134 Å². The smallest absolute Gasteiger partial charge is 0.0965 e. The number of aromatic nitrogens is 1. The number of pyridine rings is 1. The van der Waals surface area contributed by atoms with E-state index in [2.05, 4.69) is 82.1 Å². The highest BCUT2D eigenvalue weighted by atomic mass is 79.9. The first-order chi connectivity index (χ1) is 18.5. The number of aliphatic imine (C=N–C) groups is 2. The highest BCUT2D eigenvalue weighted by Gasteiger charge is 2.14. The van der Waals surface area contributed by atoms with Crippen LogP contribution in [0.25, 0.3) is 0 Å². The zero-order valence-corrected chi connectivity index (χ0v) is 24.2. The number of nitrogens with zero attached hydrogens (tertiary/aromatic N) is 3. The van der Waals surface area contributed by atoms with Gasteiger partial charge in [0.05, 0.1) is 34.2 Å². The minimum Gasteiger partial charge on any atom is -0.246 e. The molecular weight excluding hydrogens is 598 g/mol. The van der Waals surface area contributed by atoms with Gasteiger partial charge >= 0.3 is 0 Å². The van der Waals surface area contributed by atoms with Crippen molar-refractivity contribution < 1.29 is 0 Å². The van der Waals surface area contributed by atoms with Crippen LogP contribution in [0.5, 0.6) is 0 Å². The summed E-state index contributed by atoms with van der Waals surface area (Å²) in [5.41, 5.74) is 9.18. The third-order valence-electron chi connectivity index (χ3n) is 6.09. The molecule has 4 aromatic carbocycles. The molecule has 0 unspecified atom stereocenters. The molecule has 1 heterocycles. The van der Waals surface area contributed by atoms with Gasteiger partial charge in [-0.1, -0.05) is 98.6 Å². The molecule has 38 heavy (non-hydrogen) atoms. The Balaban J connectivity index is 1.67. The molecule has 0 aliphatic heterocycles. The van der Waals surface area contributed by atoms with Gasteiger partial charge in [0.2, 0.25) is 0 Å². The number of hydrogen-bond acceptors (Lipinski definition) is 3. The van der Waals surface area contributed by atoms with E-state index in [-0.39, 0.29) is 0 Å². The Morgan fingerprint density at radius 1 is 0.526 bits per heavy atom. The van der Waals surface area contributed by atoms with E-state index >= 15 is 0 Å². The molecule has 1 aromatic heterocycles. The van der Waals surface area contributed by atoms with Crippen molar-refractivity contribution in [1.82, 2.24) is 4.98 Å². The van der Waals surface area contributed by atoms with Crippen molar-refractivity contribution in [1.29, 1.82) is 0 Å². The molecule has 5 aromatic rings. The number of aryl methyl sites for hydroxylation is 2. The monoisotopic (exact) mass is 621 g/mol. The molecule has 0 aliphatic carbocycles. The second kappa shape index (κ2) is 11.8. The van der Waals surface area contributed by atoms with Crippen LogP contribution < -0.4 is 0 Å². The zero-order valence-electron chi connectivity index (χ0n) is 21.1. The molecule has 0 fully saturated rings. The van der Waals surface area contributed by atoms with Gasteiger partial charge in [-0.15, -0.1) is 0 Å². The lowest BCUT2D eigenvalue weighted by molar-refractivity contribution is 1.24. The number of halogens is 2. The van der Waals surface area contributed by atoms with E-state index in [1.165, 1.54) is 0 Å². The molecular formula is C33H25Br2N3. The van der Waals surface area contributed by atoms with Crippen molar-refractivity contribution in [3.63, 3.8) is 0 Å². The van der Waals surface area contributed by atoms with Gasteiger partial charge in [0.1, 0.15) is 0 Å². The summed E-state index contributed by atoms with van der Waals surface area (Å²) in [6, 6.07) is 38.6. The molecule has 5 rings (SSSR count). The maximum Gasteiger partial charge on any atom is 0.0965 e. The third kappa shape index (κ3) is 6.07. The van der Waals surface area contributed by atoms with Crippen molar-refractivity contribution in [2.45, 2.75) is 13.8 Å². The van der Waals surface area contributed by atoms with Crippen LogP contribution in [0.4, 0.5) is 11.4 Å². The summed E-state index contributed by atoms with van der Waals surface area (Å²) < 4.78 is 2.12. The van der Waals surface area contributed by atoms with Crippen LogP contribution in [0, 0.1) is 13.8 Å². The first-order valence-electron chi connectivity index (χ1n) is 12.3. The predicted octanol–water partition coefficient (Wildman–Crippen LogP) is 9.56. The minimum absolute atomic E-state index is 0.782. The molecule has 0 saturated heterocycles. The second-order valence-electron chi connectivity index (χ2n) is 8.93. The number of hydrogen-bond donors (Lipinski definition) is 0. The highest BCUT2D eigenvalue weighted by molar-refractivity contribution is 9.10. The van der Waals surface area contributed by atoms with Gasteiger partial charge in [-0.3, -0.25) is 0 Å². The molecule has 0 saturated carbocycles. The molecule has 5 heteroatoms. The molecule has 0 bridgehead atoms. The Kier molecular flexibility index (Phi) is 8.06. The predicted molar refractivity (Wildman–Crippen MR) is 165 cm³/mol. The van der Waals surface area contributed by atoms with Gasteiger partial charge < -0.3 is 0 Å². The lowest BCUT2D eigenvalue weighted by Gasteiger charge is -2.12. The molecule has 0 atom stereocenters. The number of benzene rings is 4. The Morgan fingerprint density at radius 3 is 1.34 bits per heavy atom. The average Bonchev–Trinajstić information content (AvgIpc) is 2.95. The second-order valence-corrected chi connectivity index (χ2v) is 10.6. The van der Waals surface area contributed by atoms with E-state index in [9.17, 15) is 0 Å². The van der Waals surface area contributed by atoms with Gasteiger partial charge in [-0.25, -0.2) is 15.0 Å². The maximum absolute atomic E-state index is 5.12. The number of rotatable bonds is 6. The van der Waals surface area contributed by atoms with E-state index in [1.54, 1.807) is 0 Å². The van der Waals surface area contributed by atoms with Crippen molar-refractivity contribution in [3.05, 3.63) is 158 Å². The SMILES string of the molecule is Cc1cc(/N=C(\c2ccccc2)c2cccc(/C(=N/c3ccc(Br)c(C)c3)c3ccccc3)n2)ccc1Br. The van der Waals surface area contributed by atoms with E-state index in [4.69, 9.17) is 15.0 Å². The highest BCUT2D eigenvalue weighted by Crippen LogP contribution is 2.26. The summed E-state index contributed by atoms with van der Waals surface area (Å²) in [5, 5.41) is 0. The van der Waals surface area contributed by atoms with Gasteiger partial charge in [0.25, 0.3) is 0 Å². The topological polar surface area (TPSA) is 37.6 Å². The summed E-state index contributed by atoms with van der Waals surface area (Å²) in [7, 11) is 0. The Hall–Kier alpha value is -3.67. The van der Waals surface area contributed by atoms with Crippen LogP contribution in [0.1, 0.15) is 33.6 Å². The summed E-state index contributed by atoms with van der Waals surface area (Å²) >= 11 is 7.18. The fourth-order valence-electron chi connectivity index (χ4n) is 4.08. The Morgan fingerprint density at radius 2 is 0.947 bits per heavy atom. The zero-order chi connectivity index (χ0) is 26.5. The van der Waals surface area contributed by atoms with Crippen LogP contribution >= 0.6 is 31.9 Å². The summed E-state index contributed by atoms with van der Waals surface area (Å²) in [4.78, 5) is 15.3. The minimum atomic E-state index is 0.782.